The number of hydrogen-bond acceptors (Lipinski definition) is 2. The maximum atomic E-state index is 4.58. The molecule has 20 heavy (non-hydrogen) atoms. The normalized spacial score (nSPS) is 25.6. The Hall–Kier alpha value is -1.28. The van der Waals surface area contributed by atoms with Crippen molar-refractivity contribution in [1.82, 2.24) is 4.98 Å². The molecule has 2 atom stereocenters. The molecule has 2 aromatic rings. The van der Waals surface area contributed by atoms with Crippen LogP contribution in [0.1, 0.15) is 36.8 Å². The molecule has 0 radical (unpaired) electrons. The van der Waals surface area contributed by atoms with Crippen LogP contribution in [0, 0.1) is 6.92 Å². The Morgan fingerprint density at radius 3 is 3.05 bits per heavy atom. The molecule has 0 amide bonds. The summed E-state index contributed by atoms with van der Waals surface area (Å²) in [5.74, 6) is 0. The summed E-state index contributed by atoms with van der Waals surface area (Å²) in [5.41, 5.74) is 5.49. The maximum absolute atomic E-state index is 4.58. The first kappa shape index (κ1) is 12.5. The van der Waals surface area contributed by atoms with Crippen molar-refractivity contribution in [3.8, 4) is 0 Å². The molecule has 0 spiro atoms. The fraction of sp³-hybridized carbons (Fsp3) is 0.389. The van der Waals surface area contributed by atoms with Gasteiger partial charge in [0.15, 0.2) is 0 Å². The van der Waals surface area contributed by atoms with E-state index in [4.69, 9.17) is 0 Å². The number of aryl methyl sites for hydroxylation is 1. The first-order valence-corrected chi connectivity index (χ1v) is 8.46. The highest BCUT2D eigenvalue weighted by molar-refractivity contribution is 8.00. The molecule has 0 saturated carbocycles. The average Bonchev–Trinajstić information content (AvgIpc) is 2.47. The van der Waals surface area contributed by atoms with Crippen molar-refractivity contribution in [2.75, 3.05) is 0 Å². The van der Waals surface area contributed by atoms with E-state index in [2.05, 4.69) is 47.9 Å². The molecule has 2 heteroatoms. The molecular weight excluding hydrogens is 262 g/mol. The van der Waals surface area contributed by atoms with Gasteiger partial charge in [0.1, 0.15) is 0 Å². The maximum Gasteiger partial charge on any atom is 0.0737 e. The zero-order valence-electron chi connectivity index (χ0n) is 11.8. The molecule has 1 nitrogen and oxygen atoms in total. The Morgan fingerprint density at radius 2 is 2.15 bits per heavy atom. The molecule has 4 rings (SSSR count). The number of hydrogen-bond donors (Lipinski definition) is 0. The van der Waals surface area contributed by atoms with Crippen LogP contribution in [0.3, 0.4) is 0 Å². The molecule has 1 aromatic carbocycles. The van der Waals surface area contributed by atoms with E-state index < -0.39 is 0 Å². The lowest BCUT2D eigenvalue weighted by Gasteiger charge is -2.33. The molecular formula is C18H19NS. The third-order valence-corrected chi connectivity index (χ3v) is 6.10. The number of benzene rings is 1. The zero-order chi connectivity index (χ0) is 13.5. The van der Waals surface area contributed by atoms with Crippen LogP contribution in [0.25, 0.3) is 16.5 Å². The molecule has 2 aliphatic rings. The molecule has 0 aliphatic carbocycles. The number of thioether (sulfide) groups is 1. The Morgan fingerprint density at radius 1 is 1.20 bits per heavy atom. The number of pyridine rings is 1. The van der Waals surface area contributed by atoms with Crippen LogP contribution < -0.4 is 0 Å². The number of rotatable bonds is 1. The van der Waals surface area contributed by atoms with E-state index in [1.165, 1.54) is 42.2 Å². The van der Waals surface area contributed by atoms with Crippen molar-refractivity contribution < 1.29 is 0 Å². The van der Waals surface area contributed by atoms with E-state index in [1.807, 2.05) is 12.3 Å². The summed E-state index contributed by atoms with van der Waals surface area (Å²) >= 11 is 2.19. The highest BCUT2D eigenvalue weighted by Crippen LogP contribution is 2.44. The number of nitrogens with zero attached hydrogens (tertiary/aromatic N) is 1. The molecule has 3 heterocycles. The van der Waals surface area contributed by atoms with E-state index >= 15 is 0 Å². The Balaban J connectivity index is 1.82. The Labute approximate surface area is 124 Å². The predicted octanol–water partition coefficient (Wildman–Crippen LogP) is 4.98. The molecule has 1 fully saturated rings. The minimum Gasteiger partial charge on any atom is -0.256 e. The van der Waals surface area contributed by atoms with Crippen LogP contribution in [0.15, 0.2) is 36.5 Å². The van der Waals surface area contributed by atoms with Gasteiger partial charge in [-0.25, -0.2) is 0 Å². The lowest BCUT2D eigenvalue weighted by atomic mass is 9.90. The molecule has 0 N–H and O–H groups in total. The average molecular weight is 281 g/mol. The third-order valence-electron chi connectivity index (χ3n) is 4.59. The van der Waals surface area contributed by atoms with Gasteiger partial charge in [-0.05, 0) is 49.0 Å². The smallest absolute Gasteiger partial charge is 0.0737 e. The van der Waals surface area contributed by atoms with Crippen molar-refractivity contribution >= 4 is 28.2 Å². The molecule has 1 saturated heterocycles. The largest absolute Gasteiger partial charge is 0.256 e. The molecule has 2 unspecified atom stereocenters. The lowest BCUT2D eigenvalue weighted by Crippen LogP contribution is -2.21. The summed E-state index contributed by atoms with van der Waals surface area (Å²) in [7, 11) is 0. The molecule has 1 aromatic heterocycles. The quantitative estimate of drug-likeness (QED) is 0.730. The summed E-state index contributed by atoms with van der Waals surface area (Å²) in [4.78, 5) is 4.58. The van der Waals surface area contributed by atoms with Crippen molar-refractivity contribution in [1.29, 1.82) is 0 Å². The second-order valence-corrected chi connectivity index (χ2v) is 7.48. The topological polar surface area (TPSA) is 12.9 Å². The van der Waals surface area contributed by atoms with Gasteiger partial charge in [-0.1, -0.05) is 30.7 Å². The van der Waals surface area contributed by atoms with E-state index in [0.29, 0.717) is 0 Å². The van der Waals surface area contributed by atoms with Gasteiger partial charge in [-0.2, -0.15) is 11.8 Å². The first-order chi connectivity index (χ1) is 9.81. The van der Waals surface area contributed by atoms with Crippen LogP contribution in [0.2, 0.25) is 0 Å². The van der Waals surface area contributed by atoms with E-state index in [9.17, 15) is 0 Å². The Bertz CT molecular complexity index is 689. The minimum absolute atomic E-state index is 0.747. The predicted molar refractivity (Wildman–Crippen MR) is 88.1 cm³/mol. The monoisotopic (exact) mass is 281 g/mol. The van der Waals surface area contributed by atoms with Crippen LogP contribution in [0.5, 0.6) is 0 Å². The molecule has 2 bridgehead atoms. The van der Waals surface area contributed by atoms with Crippen molar-refractivity contribution in [3.05, 3.63) is 47.7 Å². The van der Waals surface area contributed by atoms with Crippen LogP contribution in [0.4, 0.5) is 0 Å². The van der Waals surface area contributed by atoms with E-state index in [1.54, 1.807) is 5.57 Å². The number of allylic oxidation sites excluding steroid dienone is 1. The standard InChI is InChI=1S/C18H19NS/c1-12-17(8-7-13-4-3-9-19-18(12)13)14-10-15-5-2-6-16(11-14)20-15/h3-4,7-10,15-16H,2,5-6,11H2,1H3. The van der Waals surface area contributed by atoms with Crippen molar-refractivity contribution in [3.63, 3.8) is 0 Å². The molecule has 2 aliphatic heterocycles. The first-order valence-electron chi connectivity index (χ1n) is 7.52. The van der Waals surface area contributed by atoms with Gasteiger partial charge in [0.2, 0.25) is 0 Å². The van der Waals surface area contributed by atoms with Gasteiger partial charge in [0, 0.05) is 22.1 Å². The molecule has 102 valence electrons. The van der Waals surface area contributed by atoms with Gasteiger partial charge in [-0.15, -0.1) is 0 Å². The van der Waals surface area contributed by atoms with Crippen LogP contribution in [-0.2, 0) is 0 Å². The van der Waals surface area contributed by atoms with Gasteiger partial charge < -0.3 is 0 Å². The van der Waals surface area contributed by atoms with Gasteiger partial charge >= 0.3 is 0 Å². The van der Waals surface area contributed by atoms with Crippen molar-refractivity contribution in [2.45, 2.75) is 43.1 Å². The summed E-state index contributed by atoms with van der Waals surface area (Å²) in [6, 6.07) is 8.70. The van der Waals surface area contributed by atoms with Crippen LogP contribution in [-0.4, -0.2) is 15.5 Å². The second-order valence-electron chi connectivity index (χ2n) is 5.94. The third kappa shape index (κ3) is 2.07. The summed E-state index contributed by atoms with van der Waals surface area (Å²) in [6.45, 7) is 2.23. The van der Waals surface area contributed by atoms with Crippen molar-refractivity contribution in [2.24, 2.45) is 0 Å². The fourth-order valence-electron chi connectivity index (χ4n) is 3.58. The lowest BCUT2D eigenvalue weighted by molar-refractivity contribution is 0.630. The highest BCUT2D eigenvalue weighted by atomic mass is 32.2. The summed E-state index contributed by atoms with van der Waals surface area (Å²) < 4.78 is 0. The van der Waals surface area contributed by atoms with Gasteiger partial charge in [-0.3, -0.25) is 4.98 Å². The summed E-state index contributed by atoms with van der Waals surface area (Å²) in [6.07, 6.45) is 9.82. The number of fused-ring (bicyclic) bond motifs is 3. The van der Waals surface area contributed by atoms with E-state index in [0.717, 1.165) is 16.0 Å². The van der Waals surface area contributed by atoms with E-state index in [-0.39, 0.29) is 0 Å². The SMILES string of the molecule is Cc1c(C2=CC3CCCC(C2)S3)ccc2cccnc12. The van der Waals surface area contributed by atoms with Gasteiger partial charge in [0.25, 0.3) is 0 Å². The minimum atomic E-state index is 0.747. The van der Waals surface area contributed by atoms with Crippen LogP contribution >= 0.6 is 11.8 Å². The fourth-order valence-corrected chi connectivity index (χ4v) is 5.20. The highest BCUT2D eigenvalue weighted by Gasteiger charge is 2.27. The Kier molecular flexibility index (Phi) is 3.07. The summed E-state index contributed by atoms with van der Waals surface area (Å²) in [5, 5.41) is 2.84. The van der Waals surface area contributed by atoms with Gasteiger partial charge in [0.05, 0.1) is 5.52 Å². The second kappa shape index (κ2) is 4.92. The zero-order valence-corrected chi connectivity index (χ0v) is 12.6. The number of aromatic nitrogens is 1.